The summed E-state index contributed by atoms with van der Waals surface area (Å²) in [6.45, 7) is 0.0242. The van der Waals surface area contributed by atoms with Crippen molar-refractivity contribution in [3.63, 3.8) is 0 Å². The summed E-state index contributed by atoms with van der Waals surface area (Å²) in [7, 11) is -0.284. The molecular weight excluding hydrogens is 324 g/mol. The van der Waals surface area contributed by atoms with Gasteiger partial charge < -0.3 is 10.1 Å². The number of carbonyl (C=O) groups excluding carboxylic acids is 1. The first-order valence-corrected chi connectivity index (χ1v) is 8.10. The summed E-state index contributed by atoms with van der Waals surface area (Å²) in [5.74, 6) is -1.98. The van der Waals surface area contributed by atoms with Crippen LogP contribution in [0.1, 0.15) is 10.4 Å². The molecule has 7 heteroatoms. The Morgan fingerprint density at radius 2 is 1.91 bits per heavy atom. The predicted octanol–water partition coefficient (Wildman–Crippen LogP) is 2.51. The van der Waals surface area contributed by atoms with Gasteiger partial charge in [-0.1, -0.05) is 18.2 Å². The van der Waals surface area contributed by atoms with Crippen LogP contribution in [0.2, 0.25) is 0 Å². The molecule has 0 aliphatic rings. The third-order valence-electron chi connectivity index (χ3n) is 3.08. The van der Waals surface area contributed by atoms with Gasteiger partial charge in [0.05, 0.1) is 28.4 Å². The van der Waals surface area contributed by atoms with Crippen molar-refractivity contribution in [3.05, 3.63) is 59.7 Å². The van der Waals surface area contributed by atoms with Crippen LogP contribution in [0.4, 0.5) is 8.78 Å². The van der Waals surface area contributed by atoms with Gasteiger partial charge in [-0.15, -0.1) is 0 Å². The van der Waals surface area contributed by atoms with Gasteiger partial charge in [0.15, 0.2) is 11.6 Å². The molecular formula is C16H15F2NO3S. The lowest BCUT2D eigenvalue weighted by Crippen LogP contribution is -2.28. The van der Waals surface area contributed by atoms with E-state index in [0.29, 0.717) is 0 Å². The number of nitrogens with one attached hydrogen (secondary N) is 1. The van der Waals surface area contributed by atoms with Crippen LogP contribution in [0.3, 0.4) is 0 Å². The highest BCUT2D eigenvalue weighted by molar-refractivity contribution is 7.85. The van der Waals surface area contributed by atoms with Crippen LogP contribution in [0.25, 0.3) is 0 Å². The average Bonchev–Trinajstić information content (AvgIpc) is 2.55. The van der Waals surface area contributed by atoms with E-state index < -0.39 is 28.3 Å². The molecule has 23 heavy (non-hydrogen) atoms. The van der Waals surface area contributed by atoms with Gasteiger partial charge in [-0.2, -0.15) is 0 Å². The topological polar surface area (TPSA) is 55.4 Å². The van der Waals surface area contributed by atoms with Crippen LogP contribution >= 0.6 is 0 Å². The molecule has 0 radical (unpaired) electrons. The smallest absolute Gasteiger partial charge is 0.254 e. The average molecular weight is 339 g/mol. The van der Waals surface area contributed by atoms with Gasteiger partial charge in [0.2, 0.25) is 0 Å². The maximum Gasteiger partial charge on any atom is 0.254 e. The Bertz CT molecular complexity index is 737. The normalized spacial score (nSPS) is 11.8. The maximum atomic E-state index is 13.9. The fraction of sp³-hybridized carbons (Fsp3) is 0.188. The number of halogens is 2. The van der Waals surface area contributed by atoms with E-state index in [0.717, 1.165) is 0 Å². The molecule has 0 bridgehead atoms. The molecule has 0 fully saturated rings. The first-order valence-electron chi connectivity index (χ1n) is 6.78. The summed E-state index contributed by atoms with van der Waals surface area (Å²) < 4.78 is 44.2. The summed E-state index contributed by atoms with van der Waals surface area (Å²) in [5, 5.41) is 2.46. The van der Waals surface area contributed by atoms with Crippen LogP contribution in [0.15, 0.2) is 47.4 Å². The van der Waals surface area contributed by atoms with Gasteiger partial charge in [0.1, 0.15) is 5.82 Å². The molecule has 0 saturated heterocycles. The van der Waals surface area contributed by atoms with Crippen molar-refractivity contribution < 1.29 is 22.5 Å². The first-order chi connectivity index (χ1) is 11.0. The molecule has 0 aliphatic carbocycles. The van der Waals surface area contributed by atoms with E-state index in [1.54, 1.807) is 6.07 Å². The quantitative estimate of drug-likeness (QED) is 0.880. The van der Waals surface area contributed by atoms with Crippen LogP contribution in [0.5, 0.6) is 5.75 Å². The van der Waals surface area contributed by atoms with Gasteiger partial charge in [-0.05, 0) is 24.3 Å². The lowest BCUT2D eigenvalue weighted by molar-refractivity contribution is 0.0951. The van der Waals surface area contributed by atoms with Crippen molar-refractivity contribution in [2.75, 3.05) is 19.4 Å². The Kier molecular flexibility index (Phi) is 5.81. The summed E-state index contributed by atoms with van der Waals surface area (Å²) in [6, 6.07) is 9.95. The molecule has 0 heterocycles. The SMILES string of the molecule is COc1cccc(C(=O)NCC[S@@](=O)c2ccccc2F)c1F. The number of amides is 1. The molecule has 0 saturated carbocycles. The number of carbonyl (C=O) groups is 1. The Hall–Kier alpha value is -2.28. The maximum absolute atomic E-state index is 13.9. The van der Waals surface area contributed by atoms with Gasteiger partial charge in [0, 0.05) is 12.3 Å². The van der Waals surface area contributed by atoms with E-state index in [4.69, 9.17) is 4.74 Å². The van der Waals surface area contributed by atoms with Crippen molar-refractivity contribution in [1.29, 1.82) is 0 Å². The molecule has 2 aromatic rings. The summed E-state index contributed by atoms with van der Waals surface area (Å²) in [6.07, 6.45) is 0. The molecule has 1 atom stereocenters. The van der Waals surface area contributed by atoms with Crippen molar-refractivity contribution >= 4 is 16.7 Å². The van der Waals surface area contributed by atoms with E-state index in [1.807, 2.05) is 0 Å². The molecule has 0 unspecified atom stereocenters. The largest absolute Gasteiger partial charge is 0.494 e. The lowest BCUT2D eigenvalue weighted by Gasteiger charge is -2.08. The van der Waals surface area contributed by atoms with Gasteiger partial charge in [-0.3, -0.25) is 9.00 Å². The second-order valence-corrected chi connectivity index (χ2v) is 6.10. The van der Waals surface area contributed by atoms with E-state index >= 15 is 0 Å². The summed E-state index contributed by atoms with van der Waals surface area (Å²) in [5.41, 5.74) is -0.166. The van der Waals surface area contributed by atoms with Crippen molar-refractivity contribution in [2.45, 2.75) is 4.90 Å². The van der Waals surface area contributed by atoms with Crippen LogP contribution in [-0.2, 0) is 10.8 Å². The third-order valence-corrected chi connectivity index (χ3v) is 4.48. The van der Waals surface area contributed by atoms with Gasteiger partial charge >= 0.3 is 0 Å². The third kappa shape index (κ3) is 4.13. The number of hydrogen-bond acceptors (Lipinski definition) is 3. The van der Waals surface area contributed by atoms with Crippen molar-refractivity contribution in [2.24, 2.45) is 0 Å². The number of rotatable bonds is 6. The fourth-order valence-corrected chi connectivity index (χ4v) is 2.96. The van der Waals surface area contributed by atoms with E-state index in [2.05, 4.69) is 5.32 Å². The number of methoxy groups -OCH3 is 1. The number of hydrogen-bond donors (Lipinski definition) is 1. The second-order valence-electron chi connectivity index (χ2n) is 4.56. The number of ether oxygens (including phenoxy) is 1. The minimum atomic E-state index is -1.59. The van der Waals surface area contributed by atoms with Gasteiger partial charge in [0.25, 0.3) is 5.91 Å². The van der Waals surface area contributed by atoms with E-state index in [-0.39, 0.29) is 28.5 Å². The number of benzene rings is 2. The highest BCUT2D eigenvalue weighted by atomic mass is 32.2. The molecule has 0 aliphatic heterocycles. The molecule has 122 valence electrons. The first kappa shape index (κ1) is 17.1. The molecule has 2 rings (SSSR count). The van der Waals surface area contributed by atoms with Crippen molar-refractivity contribution in [1.82, 2.24) is 5.32 Å². The molecule has 4 nitrogen and oxygen atoms in total. The van der Waals surface area contributed by atoms with Crippen LogP contribution in [-0.4, -0.2) is 29.5 Å². The Morgan fingerprint density at radius 3 is 2.61 bits per heavy atom. The van der Waals surface area contributed by atoms with E-state index in [1.165, 1.54) is 43.5 Å². The van der Waals surface area contributed by atoms with Gasteiger partial charge in [-0.25, -0.2) is 8.78 Å². The minimum absolute atomic E-state index is 0.0242. The molecule has 2 aromatic carbocycles. The van der Waals surface area contributed by atoms with E-state index in [9.17, 15) is 17.8 Å². The molecule has 0 aromatic heterocycles. The second kappa shape index (κ2) is 7.82. The highest BCUT2D eigenvalue weighted by Crippen LogP contribution is 2.19. The Labute approximate surface area is 134 Å². The van der Waals surface area contributed by atoms with Crippen molar-refractivity contribution in [3.8, 4) is 5.75 Å². The zero-order chi connectivity index (χ0) is 16.8. The predicted molar refractivity (Wildman–Crippen MR) is 83.0 cm³/mol. The minimum Gasteiger partial charge on any atom is -0.494 e. The molecule has 1 amide bonds. The zero-order valence-electron chi connectivity index (χ0n) is 12.3. The highest BCUT2D eigenvalue weighted by Gasteiger charge is 2.16. The Morgan fingerprint density at radius 1 is 1.17 bits per heavy atom. The zero-order valence-corrected chi connectivity index (χ0v) is 13.2. The van der Waals surface area contributed by atoms with Crippen LogP contribution < -0.4 is 10.1 Å². The van der Waals surface area contributed by atoms with Crippen LogP contribution in [0, 0.1) is 11.6 Å². The monoisotopic (exact) mass is 339 g/mol. The molecule has 1 N–H and O–H groups in total. The fourth-order valence-electron chi connectivity index (χ4n) is 1.94. The summed E-state index contributed by atoms with van der Waals surface area (Å²) in [4.78, 5) is 12.0. The standard InChI is InChI=1S/C16H15F2NO3S/c1-22-13-7-4-5-11(15(13)18)16(20)19-9-10-23(21)14-8-3-2-6-12(14)17/h2-8H,9-10H2,1H3,(H,19,20)/t23-/m1/s1. The summed E-state index contributed by atoms with van der Waals surface area (Å²) >= 11 is 0. The Balaban J connectivity index is 1.95. The lowest BCUT2D eigenvalue weighted by atomic mass is 10.2. The molecule has 0 spiro atoms.